The molecule has 0 aliphatic heterocycles. The number of methoxy groups -OCH3 is 1. The number of ether oxygens (including phenoxy) is 1. The van der Waals surface area contributed by atoms with Gasteiger partial charge in [-0.1, -0.05) is 0 Å². The fraction of sp³-hybridized carbons (Fsp3) is 0.615. The fourth-order valence-corrected chi connectivity index (χ4v) is 2.92. The molecule has 92 valence electrons. The lowest BCUT2D eigenvalue weighted by molar-refractivity contribution is 0.0600. The number of hydrogen-bond donors (Lipinski definition) is 1. The van der Waals surface area contributed by atoms with Crippen LogP contribution in [0.5, 0.6) is 0 Å². The molecule has 1 heterocycles. The maximum atomic E-state index is 11.8. The van der Waals surface area contributed by atoms with Crippen molar-refractivity contribution in [1.82, 2.24) is 4.57 Å². The van der Waals surface area contributed by atoms with Gasteiger partial charge in [-0.3, -0.25) is 0 Å². The van der Waals surface area contributed by atoms with Crippen LogP contribution in [-0.4, -0.2) is 17.6 Å². The van der Waals surface area contributed by atoms with E-state index in [9.17, 15) is 4.79 Å². The second kappa shape index (κ2) is 3.79. The second-order valence-corrected chi connectivity index (χ2v) is 4.99. The van der Waals surface area contributed by atoms with Gasteiger partial charge >= 0.3 is 5.97 Å². The molecule has 17 heavy (non-hydrogen) atoms. The highest BCUT2D eigenvalue weighted by atomic mass is 16.5. The van der Waals surface area contributed by atoms with Crippen molar-refractivity contribution in [1.29, 1.82) is 0 Å². The summed E-state index contributed by atoms with van der Waals surface area (Å²) in [5.74, 6) is 0.353. The van der Waals surface area contributed by atoms with Crippen molar-refractivity contribution < 1.29 is 9.53 Å². The molecule has 0 amide bonds. The van der Waals surface area contributed by atoms with Gasteiger partial charge in [0, 0.05) is 11.7 Å². The highest BCUT2D eigenvalue weighted by molar-refractivity contribution is 5.97. The maximum Gasteiger partial charge on any atom is 0.341 e. The summed E-state index contributed by atoms with van der Waals surface area (Å²) in [4.78, 5) is 11.8. The van der Waals surface area contributed by atoms with Crippen LogP contribution in [0.3, 0.4) is 0 Å². The lowest BCUT2D eigenvalue weighted by atomic mass is 9.95. The number of anilines is 1. The Balaban J connectivity index is 2.16. The predicted octanol–water partition coefficient (Wildman–Crippen LogP) is 2.07. The van der Waals surface area contributed by atoms with Crippen molar-refractivity contribution in [2.24, 2.45) is 0 Å². The normalized spacial score (nSPS) is 18.9. The maximum absolute atomic E-state index is 11.8. The van der Waals surface area contributed by atoms with E-state index < -0.39 is 0 Å². The zero-order chi connectivity index (χ0) is 12.0. The van der Waals surface area contributed by atoms with E-state index >= 15 is 0 Å². The third kappa shape index (κ3) is 1.54. The summed E-state index contributed by atoms with van der Waals surface area (Å²) in [7, 11) is 1.42. The molecule has 0 radical (unpaired) electrons. The molecular formula is C13H18N2O2. The highest BCUT2D eigenvalue weighted by Crippen LogP contribution is 2.43. The van der Waals surface area contributed by atoms with Crippen LogP contribution in [0.4, 0.5) is 5.82 Å². The van der Waals surface area contributed by atoms with E-state index in [0.29, 0.717) is 17.4 Å². The van der Waals surface area contributed by atoms with Gasteiger partial charge in [-0.15, -0.1) is 0 Å². The van der Waals surface area contributed by atoms with E-state index in [1.165, 1.54) is 32.1 Å². The van der Waals surface area contributed by atoms with Gasteiger partial charge in [-0.2, -0.15) is 0 Å². The first-order chi connectivity index (χ1) is 8.24. The Morgan fingerprint density at radius 1 is 1.35 bits per heavy atom. The number of nitrogens with zero attached hydrogens (tertiary/aromatic N) is 1. The van der Waals surface area contributed by atoms with Crippen molar-refractivity contribution in [2.45, 2.75) is 44.6 Å². The number of carbonyl (C=O) groups excluding carboxylic acids is 1. The van der Waals surface area contributed by atoms with Crippen LogP contribution in [-0.2, 0) is 17.6 Å². The molecule has 4 nitrogen and oxygen atoms in total. The average molecular weight is 234 g/mol. The number of rotatable bonds is 2. The molecule has 0 aromatic carbocycles. The average Bonchev–Trinajstić information content (AvgIpc) is 3.12. The summed E-state index contributed by atoms with van der Waals surface area (Å²) < 4.78 is 7.06. The zero-order valence-corrected chi connectivity index (χ0v) is 10.2. The Hall–Kier alpha value is -1.45. The Morgan fingerprint density at radius 2 is 2.06 bits per heavy atom. The van der Waals surface area contributed by atoms with E-state index in [2.05, 4.69) is 4.57 Å². The molecule has 2 N–H and O–H groups in total. The molecule has 0 unspecified atom stereocenters. The first-order valence-electron chi connectivity index (χ1n) is 6.33. The molecule has 2 aliphatic carbocycles. The number of nitrogens with two attached hydrogens (primary N) is 1. The molecule has 3 rings (SSSR count). The monoisotopic (exact) mass is 234 g/mol. The van der Waals surface area contributed by atoms with E-state index in [1.807, 2.05) is 0 Å². The number of aromatic nitrogens is 1. The third-order valence-corrected chi connectivity index (χ3v) is 3.85. The molecule has 1 fully saturated rings. The quantitative estimate of drug-likeness (QED) is 0.797. The van der Waals surface area contributed by atoms with Gasteiger partial charge in [0.1, 0.15) is 11.4 Å². The first-order valence-corrected chi connectivity index (χ1v) is 6.33. The molecule has 1 aromatic rings. The Kier molecular flexibility index (Phi) is 2.38. The van der Waals surface area contributed by atoms with Gasteiger partial charge in [0.25, 0.3) is 0 Å². The topological polar surface area (TPSA) is 57.2 Å². The Bertz CT molecular complexity index is 472. The first kappa shape index (κ1) is 10.7. The summed E-state index contributed by atoms with van der Waals surface area (Å²) >= 11 is 0. The number of fused-ring (bicyclic) bond motifs is 1. The van der Waals surface area contributed by atoms with Crippen LogP contribution < -0.4 is 5.73 Å². The van der Waals surface area contributed by atoms with Gasteiger partial charge < -0.3 is 15.0 Å². The largest absolute Gasteiger partial charge is 0.465 e. The lowest BCUT2D eigenvalue weighted by Crippen LogP contribution is -2.09. The summed E-state index contributed by atoms with van der Waals surface area (Å²) in [5, 5.41) is 0. The molecule has 2 aliphatic rings. The minimum Gasteiger partial charge on any atom is -0.465 e. The third-order valence-electron chi connectivity index (χ3n) is 3.85. The van der Waals surface area contributed by atoms with Crippen LogP contribution in [0, 0.1) is 0 Å². The van der Waals surface area contributed by atoms with Crippen molar-refractivity contribution in [2.75, 3.05) is 12.8 Å². The number of carbonyl (C=O) groups is 1. The summed E-state index contributed by atoms with van der Waals surface area (Å²) in [6.07, 6.45) is 6.73. The molecule has 0 spiro atoms. The lowest BCUT2D eigenvalue weighted by Gasteiger charge is -2.15. The second-order valence-electron chi connectivity index (χ2n) is 4.99. The fourth-order valence-electron chi connectivity index (χ4n) is 2.92. The summed E-state index contributed by atoms with van der Waals surface area (Å²) in [6, 6.07) is 0.528. The SMILES string of the molecule is COC(=O)c1c2c(n(C3CC3)c1N)CCCC2. The van der Waals surface area contributed by atoms with Gasteiger partial charge in [-0.25, -0.2) is 4.79 Å². The van der Waals surface area contributed by atoms with E-state index in [0.717, 1.165) is 24.8 Å². The smallest absolute Gasteiger partial charge is 0.341 e. The molecule has 0 bridgehead atoms. The van der Waals surface area contributed by atoms with Gasteiger partial charge in [0.2, 0.25) is 0 Å². The molecule has 0 saturated heterocycles. The summed E-state index contributed by atoms with van der Waals surface area (Å²) in [5.41, 5.74) is 9.23. The van der Waals surface area contributed by atoms with Crippen LogP contribution in [0.15, 0.2) is 0 Å². The van der Waals surface area contributed by atoms with Crippen molar-refractivity contribution in [3.05, 3.63) is 16.8 Å². The number of hydrogen-bond acceptors (Lipinski definition) is 3. The molecule has 4 heteroatoms. The van der Waals surface area contributed by atoms with Gasteiger partial charge in [-0.05, 0) is 44.1 Å². The Labute approximate surface area is 101 Å². The Morgan fingerprint density at radius 3 is 2.71 bits per heavy atom. The predicted molar refractivity (Wildman–Crippen MR) is 65.1 cm³/mol. The van der Waals surface area contributed by atoms with Crippen LogP contribution in [0.1, 0.15) is 53.3 Å². The van der Waals surface area contributed by atoms with E-state index in [-0.39, 0.29) is 5.97 Å². The minimum atomic E-state index is -0.278. The molecule has 0 atom stereocenters. The van der Waals surface area contributed by atoms with Crippen LogP contribution >= 0.6 is 0 Å². The molecular weight excluding hydrogens is 216 g/mol. The zero-order valence-electron chi connectivity index (χ0n) is 10.2. The van der Waals surface area contributed by atoms with Gasteiger partial charge in [0.15, 0.2) is 0 Å². The van der Waals surface area contributed by atoms with Gasteiger partial charge in [0.05, 0.1) is 7.11 Å². The molecule has 1 aromatic heterocycles. The van der Waals surface area contributed by atoms with E-state index in [1.54, 1.807) is 0 Å². The number of esters is 1. The highest BCUT2D eigenvalue weighted by Gasteiger charge is 2.34. The van der Waals surface area contributed by atoms with Crippen molar-refractivity contribution >= 4 is 11.8 Å². The molecule has 1 saturated carbocycles. The van der Waals surface area contributed by atoms with Crippen molar-refractivity contribution in [3.63, 3.8) is 0 Å². The van der Waals surface area contributed by atoms with Crippen LogP contribution in [0.25, 0.3) is 0 Å². The van der Waals surface area contributed by atoms with Crippen molar-refractivity contribution in [3.8, 4) is 0 Å². The van der Waals surface area contributed by atoms with Crippen LogP contribution in [0.2, 0.25) is 0 Å². The standard InChI is InChI=1S/C13H18N2O2/c1-17-13(16)11-9-4-2-3-5-10(9)15(12(11)14)8-6-7-8/h8H,2-7,14H2,1H3. The minimum absolute atomic E-state index is 0.278. The number of nitrogen functional groups attached to an aromatic ring is 1. The summed E-state index contributed by atoms with van der Waals surface area (Å²) in [6.45, 7) is 0. The van der Waals surface area contributed by atoms with E-state index in [4.69, 9.17) is 10.5 Å².